The Balaban J connectivity index is 2.01. The third kappa shape index (κ3) is 2.66. The van der Waals surface area contributed by atoms with Crippen molar-refractivity contribution in [2.45, 2.75) is 6.42 Å². The van der Waals surface area contributed by atoms with E-state index in [1.807, 2.05) is 0 Å². The van der Waals surface area contributed by atoms with Crippen molar-refractivity contribution in [1.29, 1.82) is 0 Å². The predicted molar refractivity (Wildman–Crippen MR) is 86.5 cm³/mol. The lowest BCUT2D eigenvalue weighted by atomic mass is 9.83. The van der Waals surface area contributed by atoms with Gasteiger partial charge in [-0.2, -0.15) is 0 Å². The van der Waals surface area contributed by atoms with Crippen molar-refractivity contribution in [3.8, 4) is 11.1 Å². The van der Waals surface area contributed by atoms with Gasteiger partial charge < -0.3 is 11.1 Å². The molecule has 0 unspecified atom stereocenters. The van der Waals surface area contributed by atoms with E-state index in [1.165, 1.54) is 0 Å². The number of hydrogen-bond acceptors (Lipinski definition) is 4. The van der Waals surface area contributed by atoms with Gasteiger partial charge in [0.05, 0.1) is 0 Å². The molecule has 0 atom stereocenters. The molecule has 0 radical (unpaired) electrons. The summed E-state index contributed by atoms with van der Waals surface area (Å²) in [6.07, 6.45) is 0.701. The van der Waals surface area contributed by atoms with E-state index in [9.17, 15) is 14.4 Å². The number of carbonyl (C=O) groups excluding carboxylic acids is 3. The molecule has 5 nitrogen and oxygen atoms in total. The van der Waals surface area contributed by atoms with Gasteiger partial charge in [0, 0.05) is 23.2 Å². The third-order valence-corrected chi connectivity index (χ3v) is 3.86. The van der Waals surface area contributed by atoms with E-state index < -0.39 is 11.6 Å². The number of nitrogens with two attached hydrogens (primary N) is 1. The zero-order valence-corrected chi connectivity index (χ0v) is 12.5. The molecule has 2 aromatic rings. The van der Waals surface area contributed by atoms with E-state index >= 15 is 0 Å². The fourth-order valence-corrected chi connectivity index (χ4v) is 2.67. The van der Waals surface area contributed by atoms with E-state index in [0.717, 1.165) is 0 Å². The monoisotopic (exact) mass is 308 g/mol. The molecule has 3 N–H and O–H groups in total. The summed E-state index contributed by atoms with van der Waals surface area (Å²) in [5.41, 5.74) is 7.89. The molecule has 2 aromatic carbocycles. The van der Waals surface area contributed by atoms with E-state index in [-0.39, 0.29) is 5.91 Å². The topological polar surface area (TPSA) is 89.3 Å². The summed E-state index contributed by atoms with van der Waals surface area (Å²) < 4.78 is 0. The van der Waals surface area contributed by atoms with E-state index in [0.29, 0.717) is 47.3 Å². The molecular formula is C18H16N2O3. The number of benzene rings is 2. The van der Waals surface area contributed by atoms with Gasteiger partial charge in [-0.1, -0.05) is 24.3 Å². The molecule has 0 bridgehead atoms. The number of amides is 1. The molecule has 0 aliphatic heterocycles. The molecule has 0 aromatic heterocycles. The Morgan fingerprint density at radius 2 is 1.57 bits per heavy atom. The molecule has 5 heteroatoms. The molecule has 0 fully saturated rings. The first-order chi connectivity index (χ1) is 11.1. The molecule has 0 saturated carbocycles. The highest BCUT2D eigenvalue weighted by molar-refractivity contribution is 6.53. The molecule has 0 spiro atoms. The molecule has 1 aliphatic carbocycles. The molecule has 116 valence electrons. The van der Waals surface area contributed by atoms with Gasteiger partial charge in [-0.15, -0.1) is 0 Å². The minimum atomic E-state index is -0.534. The molecule has 1 amide bonds. The number of hydrogen-bond donors (Lipinski definition) is 2. The zero-order valence-electron chi connectivity index (χ0n) is 12.5. The van der Waals surface area contributed by atoms with Crippen LogP contribution in [-0.2, 0) is 0 Å². The summed E-state index contributed by atoms with van der Waals surface area (Å²) in [6.45, 7) is 1.01. The van der Waals surface area contributed by atoms with E-state index in [1.54, 1.807) is 42.5 Å². The van der Waals surface area contributed by atoms with Crippen molar-refractivity contribution in [3.05, 3.63) is 59.2 Å². The molecule has 0 heterocycles. The largest absolute Gasteiger partial charge is 0.352 e. The van der Waals surface area contributed by atoms with Crippen LogP contribution in [0.4, 0.5) is 0 Å². The number of rotatable bonds is 4. The van der Waals surface area contributed by atoms with Crippen LogP contribution >= 0.6 is 0 Å². The number of Topliss-reactive ketones (excluding diaryl/α,β-unsaturated/α-hetero) is 2. The van der Waals surface area contributed by atoms with Crippen LogP contribution in [0.1, 0.15) is 37.5 Å². The van der Waals surface area contributed by atoms with Gasteiger partial charge in [-0.3, -0.25) is 14.4 Å². The zero-order chi connectivity index (χ0) is 16.4. The lowest BCUT2D eigenvalue weighted by molar-refractivity contribution is 0.0815. The van der Waals surface area contributed by atoms with Gasteiger partial charge in [0.15, 0.2) is 0 Å². The first kappa shape index (κ1) is 15.1. The van der Waals surface area contributed by atoms with Gasteiger partial charge in [-0.25, -0.2) is 0 Å². The average molecular weight is 308 g/mol. The summed E-state index contributed by atoms with van der Waals surface area (Å²) >= 11 is 0. The van der Waals surface area contributed by atoms with Gasteiger partial charge in [0.25, 0.3) is 5.91 Å². The SMILES string of the molecule is NCCCNC(=O)c1ccc2c(c1)-c1ccccc1C(=O)C2=O. The Labute approximate surface area is 133 Å². The van der Waals surface area contributed by atoms with Gasteiger partial charge in [-0.05, 0) is 42.3 Å². The van der Waals surface area contributed by atoms with Crippen molar-refractivity contribution >= 4 is 17.5 Å². The summed E-state index contributed by atoms with van der Waals surface area (Å²) in [4.78, 5) is 36.5. The minimum Gasteiger partial charge on any atom is -0.352 e. The fraction of sp³-hybridized carbons (Fsp3) is 0.167. The molecule has 3 rings (SSSR count). The summed E-state index contributed by atoms with van der Waals surface area (Å²) in [5.74, 6) is -1.26. The van der Waals surface area contributed by atoms with Crippen molar-refractivity contribution in [2.24, 2.45) is 5.73 Å². The predicted octanol–water partition coefficient (Wildman–Crippen LogP) is 1.81. The van der Waals surface area contributed by atoms with Crippen LogP contribution in [-0.4, -0.2) is 30.6 Å². The van der Waals surface area contributed by atoms with E-state index in [4.69, 9.17) is 5.73 Å². The summed E-state index contributed by atoms with van der Waals surface area (Å²) in [6, 6.07) is 11.7. The second-order valence-electron chi connectivity index (χ2n) is 5.36. The maximum absolute atomic E-state index is 12.2. The van der Waals surface area contributed by atoms with Gasteiger partial charge in [0.1, 0.15) is 0 Å². The number of ketones is 2. The standard InChI is InChI=1S/C18H16N2O3/c19-8-3-9-20-18(23)11-6-7-14-15(10-11)12-4-1-2-5-13(12)16(21)17(14)22/h1-2,4-7,10H,3,8-9,19H2,(H,20,23). The maximum Gasteiger partial charge on any atom is 0.251 e. The first-order valence-corrected chi connectivity index (χ1v) is 7.44. The van der Waals surface area contributed by atoms with Crippen molar-refractivity contribution < 1.29 is 14.4 Å². The molecular weight excluding hydrogens is 292 g/mol. The molecule has 1 aliphatic rings. The lowest BCUT2D eigenvalue weighted by Crippen LogP contribution is -2.27. The minimum absolute atomic E-state index is 0.219. The number of fused-ring (bicyclic) bond motifs is 3. The first-order valence-electron chi connectivity index (χ1n) is 7.44. The van der Waals surface area contributed by atoms with E-state index in [2.05, 4.69) is 5.32 Å². The molecule has 0 saturated heterocycles. The second-order valence-corrected chi connectivity index (χ2v) is 5.36. The Kier molecular flexibility index (Phi) is 4.04. The quantitative estimate of drug-likeness (QED) is 0.666. The summed E-state index contributed by atoms with van der Waals surface area (Å²) in [7, 11) is 0. The average Bonchev–Trinajstić information content (AvgIpc) is 2.59. The van der Waals surface area contributed by atoms with Crippen molar-refractivity contribution in [3.63, 3.8) is 0 Å². The normalized spacial score (nSPS) is 12.6. The highest BCUT2D eigenvalue weighted by atomic mass is 16.2. The fourth-order valence-electron chi connectivity index (χ4n) is 2.67. The Hall–Kier alpha value is -2.79. The maximum atomic E-state index is 12.2. The number of carbonyl (C=O) groups is 3. The highest BCUT2D eigenvalue weighted by Crippen LogP contribution is 2.33. The Morgan fingerprint density at radius 3 is 2.26 bits per heavy atom. The van der Waals surface area contributed by atoms with Crippen LogP contribution in [0.25, 0.3) is 11.1 Å². The van der Waals surface area contributed by atoms with Crippen LogP contribution in [0.5, 0.6) is 0 Å². The van der Waals surface area contributed by atoms with Crippen LogP contribution in [0.15, 0.2) is 42.5 Å². The van der Waals surface area contributed by atoms with Gasteiger partial charge in [0.2, 0.25) is 11.6 Å². The summed E-state index contributed by atoms with van der Waals surface area (Å²) in [5, 5.41) is 2.78. The third-order valence-electron chi connectivity index (χ3n) is 3.86. The molecule has 23 heavy (non-hydrogen) atoms. The van der Waals surface area contributed by atoms with Crippen LogP contribution < -0.4 is 11.1 Å². The highest BCUT2D eigenvalue weighted by Gasteiger charge is 2.30. The Morgan fingerprint density at radius 1 is 0.913 bits per heavy atom. The second kappa shape index (κ2) is 6.14. The number of nitrogens with one attached hydrogen (secondary N) is 1. The Bertz CT molecular complexity index is 812. The van der Waals surface area contributed by atoms with Crippen LogP contribution in [0.2, 0.25) is 0 Å². The van der Waals surface area contributed by atoms with Crippen LogP contribution in [0, 0.1) is 0 Å². The lowest BCUT2D eigenvalue weighted by Gasteiger charge is -2.18. The van der Waals surface area contributed by atoms with Crippen molar-refractivity contribution in [1.82, 2.24) is 5.32 Å². The van der Waals surface area contributed by atoms with Gasteiger partial charge >= 0.3 is 0 Å². The van der Waals surface area contributed by atoms with Crippen molar-refractivity contribution in [2.75, 3.05) is 13.1 Å². The smallest absolute Gasteiger partial charge is 0.251 e. The van der Waals surface area contributed by atoms with Crippen LogP contribution in [0.3, 0.4) is 0 Å².